The molecule has 0 heterocycles. The van der Waals surface area contributed by atoms with Crippen LogP contribution in [0.2, 0.25) is 0 Å². The second-order valence-corrected chi connectivity index (χ2v) is 2.99. The van der Waals surface area contributed by atoms with Crippen LogP contribution in [0.15, 0.2) is 18.2 Å². The quantitative estimate of drug-likeness (QED) is 0.544. The Kier molecular flexibility index (Phi) is 2.90. The molecule has 1 aromatic carbocycles. The highest BCUT2D eigenvalue weighted by atomic mass is 19.4. The first-order valence-corrected chi connectivity index (χ1v) is 3.97. The Balaban J connectivity index is 3.41. The van der Waals surface area contributed by atoms with Crippen LogP contribution in [0.4, 0.5) is 26.1 Å². The summed E-state index contributed by atoms with van der Waals surface area (Å²) in [7, 11) is 0. The van der Waals surface area contributed by atoms with E-state index in [0.717, 1.165) is 0 Å². The molecule has 0 bridgehead atoms. The van der Waals surface area contributed by atoms with Crippen molar-refractivity contribution in [3.8, 4) is 6.07 Å². The van der Waals surface area contributed by atoms with Gasteiger partial charge in [0, 0.05) is 5.56 Å². The number of rotatable bonds is 1. The van der Waals surface area contributed by atoms with Crippen LogP contribution >= 0.6 is 0 Å². The smallest absolute Gasteiger partial charge is 0.445 e. The van der Waals surface area contributed by atoms with E-state index >= 15 is 0 Å². The number of hydrogen-bond donors (Lipinski definition) is 0. The second-order valence-electron chi connectivity index (χ2n) is 2.99. The summed E-state index contributed by atoms with van der Waals surface area (Å²) in [6.45, 7) is -5.63. The predicted octanol–water partition coefficient (Wildman–Crippen LogP) is 2.63. The van der Waals surface area contributed by atoms with Gasteiger partial charge >= 0.3 is 13.2 Å². The highest BCUT2D eigenvalue weighted by Gasteiger charge is 2.35. The first-order valence-electron chi connectivity index (χ1n) is 3.97. The zero-order valence-electron chi connectivity index (χ0n) is 7.52. The molecule has 0 aromatic heterocycles. The van der Waals surface area contributed by atoms with Crippen LogP contribution in [-0.2, 0) is 6.18 Å². The lowest BCUT2D eigenvalue weighted by Gasteiger charge is -2.18. The van der Waals surface area contributed by atoms with E-state index in [1.807, 2.05) is 0 Å². The van der Waals surface area contributed by atoms with Gasteiger partial charge in [0.2, 0.25) is 0 Å². The molecule has 8 heteroatoms. The summed E-state index contributed by atoms with van der Waals surface area (Å²) < 4.78 is 73.5. The maximum atomic E-state index is 12.3. The van der Waals surface area contributed by atoms with Gasteiger partial charge in [0.25, 0.3) is 0 Å². The number of alkyl halides is 3. The lowest BCUT2D eigenvalue weighted by molar-refractivity contribution is -0.137. The Hall–Kier alpha value is -1.65. The van der Waals surface area contributed by atoms with Crippen molar-refractivity contribution in [2.45, 2.75) is 6.18 Å². The second kappa shape index (κ2) is 3.74. The van der Waals surface area contributed by atoms with Gasteiger partial charge in [-0.2, -0.15) is 18.4 Å². The lowest BCUT2D eigenvalue weighted by Crippen LogP contribution is -2.37. The van der Waals surface area contributed by atoms with E-state index in [1.54, 1.807) is 0 Å². The van der Waals surface area contributed by atoms with Crippen molar-refractivity contribution in [1.29, 1.82) is 5.26 Å². The summed E-state index contributed by atoms with van der Waals surface area (Å²) in [5.41, 5.74) is -3.74. The van der Waals surface area contributed by atoms with Gasteiger partial charge in [-0.05, 0) is 12.1 Å². The average Bonchev–Trinajstić information content (AvgIpc) is 2.14. The molecule has 0 atom stereocenters. The van der Waals surface area contributed by atoms with E-state index < -0.39 is 29.7 Å². The van der Waals surface area contributed by atoms with Crippen molar-refractivity contribution < 1.29 is 26.1 Å². The van der Waals surface area contributed by atoms with Crippen LogP contribution in [0.1, 0.15) is 11.1 Å². The van der Waals surface area contributed by atoms with Gasteiger partial charge in [0.15, 0.2) is 0 Å². The Morgan fingerprint density at radius 1 is 1.12 bits per heavy atom. The Morgan fingerprint density at radius 2 is 1.69 bits per heavy atom. The van der Waals surface area contributed by atoms with Crippen molar-refractivity contribution in [3.63, 3.8) is 0 Å². The highest BCUT2D eigenvalue weighted by molar-refractivity contribution is 6.74. The van der Waals surface area contributed by atoms with Crippen molar-refractivity contribution in [2.24, 2.45) is 0 Å². The fourth-order valence-electron chi connectivity index (χ4n) is 1.11. The monoisotopic (exact) mass is 238 g/mol. The molecule has 0 aliphatic heterocycles. The maximum absolute atomic E-state index is 12.3. The molecule has 0 amide bonds. The molecular formula is C8H3BF6N-. The zero-order valence-corrected chi connectivity index (χ0v) is 7.52. The third-order valence-electron chi connectivity index (χ3n) is 1.85. The summed E-state index contributed by atoms with van der Waals surface area (Å²) in [5, 5.41) is 8.35. The molecular weight excluding hydrogens is 235 g/mol. The molecule has 0 radical (unpaired) electrons. The standard InChI is InChI=1S/C8H3BF6N/c10-8(11,12)6-2-1-5(4-16)7(3-6)9(13,14)15/h1-3H/q-1. The third-order valence-corrected chi connectivity index (χ3v) is 1.85. The number of nitriles is 1. The van der Waals surface area contributed by atoms with E-state index in [1.165, 1.54) is 6.07 Å². The summed E-state index contributed by atoms with van der Waals surface area (Å²) >= 11 is 0. The van der Waals surface area contributed by atoms with E-state index in [4.69, 9.17) is 5.26 Å². The van der Waals surface area contributed by atoms with E-state index in [2.05, 4.69) is 0 Å². The number of hydrogen-bond acceptors (Lipinski definition) is 1. The Bertz CT molecular complexity index is 441. The minimum absolute atomic E-state index is 0.0431. The molecule has 1 rings (SSSR count). The maximum Gasteiger partial charge on any atom is 0.510 e. The van der Waals surface area contributed by atoms with Crippen LogP contribution in [0.25, 0.3) is 0 Å². The first kappa shape index (κ1) is 12.4. The normalized spacial score (nSPS) is 12.3. The van der Waals surface area contributed by atoms with Crippen LogP contribution in [-0.4, -0.2) is 6.98 Å². The Labute approximate surface area is 86.4 Å². The number of nitrogens with zero attached hydrogens (tertiary/aromatic N) is 1. The van der Waals surface area contributed by atoms with Gasteiger partial charge in [-0.15, -0.1) is 0 Å². The molecule has 0 saturated heterocycles. The fraction of sp³-hybridized carbons (Fsp3) is 0.125. The molecule has 0 N–H and O–H groups in total. The fourth-order valence-corrected chi connectivity index (χ4v) is 1.11. The number of halogens is 6. The first-order chi connectivity index (χ1) is 7.16. The predicted molar refractivity (Wildman–Crippen MR) is 44.9 cm³/mol. The molecule has 0 aliphatic carbocycles. The van der Waals surface area contributed by atoms with Crippen molar-refractivity contribution in [2.75, 3.05) is 0 Å². The minimum atomic E-state index is -5.63. The Morgan fingerprint density at radius 3 is 2.06 bits per heavy atom. The van der Waals surface area contributed by atoms with E-state index in [9.17, 15) is 26.1 Å². The van der Waals surface area contributed by atoms with Gasteiger partial charge in [-0.3, -0.25) is 0 Å². The molecule has 86 valence electrons. The minimum Gasteiger partial charge on any atom is -0.445 e. The molecule has 0 aliphatic rings. The van der Waals surface area contributed by atoms with Crippen LogP contribution < -0.4 is 5.46 Å². The van der Waals surface area contributed by atoms with Crippen LogP contribution in [0.3, 0.4) is 0 Å². The summed E-state index contributed by atoms with van der Waals surface area (Å²) in [5.74, 6) is 0. The summed E-state index contributed by atoms with van der Waals surface area (Å²) in [6, 6.07) is 2.14. The molecule has 0 unspecified atom stereocenters. The molecule has 1 aromatic rings. The summed E-state index contributed by atoms with van der Waals surface area (Å²) in [4.78, 5) is 0. The van der Waals surface area contributed by atoms with Gasteiger partial charge in [0.1, 0.15) is 0 Å². The molecule has 0 spiro atoms. The third kappa shape index (κ3) is 2.48. The van der Waals surface area contributed by atoms with E-state index in [-0.39, 0.29) is 6.07 Å². The molecule has 16 heavy (non-hydrogen) atoms. The van der Waals surface area contributed by atoms with E-state index in [0.29, 0.717) is 12.1 Å². The summed E-state index contributed by atoms with van der Waals surface area (Å²) in [6.07, 6.45) is -4.86. The van der Waals surface area contributed by atoms with Crippen molar-refractivity contribution in [1.82, 2.24) is 0 Å². The largest absolute Gasteiger partial charge is 0.510 e. The topological polar surface area (TPSA) is 23.8 Å². The SMILES string of the molecule is N#Cc1ccc(C(F)(F)F)cc1[B-](F)(F)F. The van der Waals surface area contributed by atoms with Crippen LogP contribution in [0.5, 0.6) is 0 Å². The lowest BCUT2D eigenvalue weighted by atomic mass is 9.76. The van der Waals surface area contributed by atoms with Crippen LogP contribution in [0, 0.1) is 11.3 Å². The highest BCUT2D eigenvalue weighted by Crippen LogP contribution is 2.29. The van der Waals surface area contributed by atoms with Gasteiger partial charge < -0.3 is 12.9 Å². The zero-order chi connectivity index (χ0) is 12.6. The van der Waals surface area contributed by atoms with Gasteiger partial charge in [-0.25, -0.2) is 0 Å². The molecule has 0 saturated carbocycles. The van der Waals surface area contributed by atoms with Crippen molar-refractivity contribution >= 4 is 12.4 Å². The number of benzene rings is 1. The molecule has 0 fully saturated rings. The average molecular weight is 238 g/mol. The van der Waals surface area contributed by atoms with Gasteiger partial charge in [0.05, 0.1) is 11.6 Å². The van der Waals surface area contributed by atoms with Crippen molar-refractivity contribution in [3.05, 3.63) is 29.3 Å². The molecule has 1 nitrogen and oxygen atoms in total. The van der Waals surface area contributed by atoms with Gasteiger partial charge in [-0.1, -0.05) is 11.5 Å².